The van der Waals surface area contributed by atoms with Gasteiger partial charge in [0.05, 0.1) is 17.1 Å². The first kappa shape index (κ1) is 19.6. The molecule has 6 heteroatoms. The monoisotopic (exact) mass is 380 g/mol. The zero-order chi connectivity index (χ0) is 20.3. The van der Waals surface area contributed by atoms with E-state index in [2.05, 4.69) is 5.32 Å². The number of rotatable bonds is 6. The van der Waals surface area contributed by atoms with Crippen molar-refractivity contribution in [1.29, 1.82) is 0 Å². The van der Waals surface area contributed by atoms with Gasteiger partial charge in [-0.05, 0) is 45.6 Å². The second kappa shape index (κ2) is 8.27. The van der Waals surface area contributed by atoms with Crippen molar-refractivity contribution in [2.75, 3.05) is 20.7 Å². The minimum Gasteiger partial charge on any atom is -0.484 e. The van der Waals surface area contributed by atoms with Gasteiger partial charge in [-0.25, -0.2) is 0 Å². The van der Waals surface area contributed by atoms with Crippen molar-refractivity contribution in [2.45, 2.75) is 20.0 Å². The molecule has 0 fully saturated rings. The van der Waals surface area contributed by atoms with Crippen LogP contribution in [0.15, 0.2) is 57.7 Å². The number of nitrogens with one attached hydrogen (secondary N) is 1. The predicted molar refractivity (Wildman–Crippen MR) is 109 cm³/mol. The van der Waals surface area contributed by atoms with Gasteiger partial charge in [0.1, 0.15) is 17.1 Å². The van der Waals surface area contributed by atoms with Gasteiger partial charge in [-0.3, -0.25) is 14.5 Å². The summed E-state index contributed by atoms with van der Waals surface area (Å²) in [5.41, 5.74) is 1.72. The third-order valence-corrected chi connectivity index (χ3v) is 4.62. The molecule has 0 bridgehead atoms. The number of carbonyl (C=O) groups is 1. The quantitative estimate of drug-likeness (QED) is 0.665. The molecule has 0 aliphatic rings. The normalized spacial score (nSPS) is 12.2. The maximum atomic E-state index is 12.9. The number of ether oxygens (including phenoxy) is 1. The molecule has 6 nitrogen and oxygen atoms in total. The van der Waals surface area contributed by atoms with Gasteiger partial charge in [-0.2, -0.15) is 0 Å². The Hall–Kier alpha value is -3.12. The summed E-state index contributed by atoms with van der Waals surface area (Å²) in [6.45, 7) is 3.54. The summed E-state index contributed by atoms with van der Waals surface area (Å²) in [6, 6.07) is 14.4. The molecule has 0 radical (unpaired) electrons. The van der Waals surface area contributed by atoms with E-state index in [-0.39, 0.29) is 24.1 Å². The van der Waals surface area contributed by atoms with Crippen LogP contribution in [0.2, 0.25) is 0 Å². The van der Waals surface area contributed by atoms with Crippen LogP contribution in [-0.4, -0.2) is 37.7 Å². The van der Waals surface area contributed by atoms with E-state index < -0.39 is 0 Å². The molecule has 0 aliphatic carbocycles. The van der Waals surface area contributed by atoms with Crippen LogP contribution in [0.4, 0.5) is 0 Å². The molecule has 3 rings (SSSR count). The average Bonchev–Trinajstić information content (AvgIpc) is 2.67. The minimum absolute atomic E-state index is 0.0888. The molecule has 1 atom stereocenters. The van der Waals surface area contributed by atoms with Gasteiger partial charge in [0.15, 0.2) is 6.61 Å². The molecule has 0 spiro atoms. The molecule has 1 aromatic heterocycles. The van der Waals surface area contributed by atoms with Crippen molar-refractivity contribution in [1.82, 2.24) is 10.2 Å². The van der Waals surface area contributed by atoms with Crippen molar-refractivity contribution in [3.63, 3.8) is 0 Å². The van der Waals surface area contributed by atoms with Gasteiger partial charge in [0.2, 0.25) is 5.43 Å². The lowest BCUT2D eigenvalue weighted by molar-refractivity contribution is -0.124. The smallest absolute Gasteiger partial charge is 0.259 e. The van der Waals surface area contributed by atoms with Crippen LogP contribution >= 0.6 is 0 Å². The first-order valence-corrected chi connectivity index (χ1v) is 9.08. The second-order valence-electron chi connectivity index (χ2n) is 6.88. The van der Waals surface area contributed by atoms with E-state index in [1.54, 1.807) is 25.1 Å². The van der Waals surface area contributed by atoms with E-state index in [1.165, 1.54) is 0 Å². The Kier molecular flexibility index (Phi) is 5.80. The summed E-state index contributed by atoms with van der Waals surface area (Å²) < 4.78 is 11.4. The average molecular weight is 380 g/mol. The molecule has 0 aliphatic heterocycles. The fraction of sp³-hybridized carbons (Fsp3) is 0.273. The number of benzene rings is 2. The highest BCUT2D eigenvalue weighted by atomic mass is 16.5. The molecule has 28 heavy (non-hydrogen) atoms. The fourth-order valence-electron chi connectivity index (χ4n) is 2.87. The standard InChI is InChI=1S/C22H24N2O4/c1-14-21(16-8-6-5-7-9-16)22(26)18-11-10-17(12-19(18)28-14)27-13-20(25)23-15(2)24(3)4/h5-12,15H,13H2,1-4H3,(H,23,25). The van der Waals surface area contributed by atoms with Gasteiger partial charge in [-0.1, -0.05) is 30.3 Å². The Bertz CT molecular complexity index is 1040. The third kappa shape index (κ3) is 4.23. The summed E-state index contributed by atoms with van der Waals surface area (Å²) in [4.78, 5) is 26.8. The highest BCUT2D eigenvalue weighted by molar-refractivity contribution is 5.84. The summed E-state index contributed by atoms with van der Waals surface area (Å²) in [5, 5.41) is 3.29. The molecular formula is C22H24N2O4. The lowest BCUT2D eigenvalue weighted by Crippen LogP contribution is -2.44. The zero-order valence-corrected chi connectivity index (χ0v) is 16.5. The minimum atomic E-state index is -0.224. The van der Waals surface area contributed by atoms with Crippen LogP contribution in [0, 0.1) is 6.92 Å². The van der Waals surface area contributed by atoms with Gasteiger partial charge in [0, 0.05) is 6.07 Å². The van der Waals surface area contributed by atoms with Gasteiger partial charge < -0.3 is 14.5 Å². The molecule has 146 valence electrons. The fourth-order valence-corrected chi connectivity index (χ4v) is 2.87. The van der Waals surface area contributed by atoms with E-state index >= 15 is 0 Å². The molecule has 1 N–H and O–H groups in total. The van der Waals surface area contributed by atoms with Crippen molar-refractivity contribution < 1.29 is 13.9 Å². The number of aryl methyl sites for hydroxylation is 1. The van der Waals surface area contributed by atoms with E-state index in [0.29, 0.717) is 28.0 Å². The number of hydrogen-bond acceptors (Lipinski definition) is 5. The highest BCUT2D eigenvalue weighted by Crippen LogP contribution is 2.26. The third-order valence-electron chi connectivity index (χ3n) is 4.62. The number of carbonyl (C=O) groups excluding carboxylic acids is 1. The maximum absolute atomic E-state index is 12.9. The maximum Gasteiger partial charge on any atom is 0.259 e. The van der Waals surface area contributed by atoms with Gasteiger partial charge in [0.25, 0.3) is 5.91 Å². The molecule has 3 aromatic rings. The Morgan fingerprint density at radius 1 is 1.18 bits per heavy atom. The summed E-state index contributed by atoms with van der Waals surface area (Å²) >= 11 is 0. The van der Waals surface area contributed by atoms with Gasteiger partial charge >= 0.3 is 0 Å². The molecule has 1 amide bonds. The van der Waals surface area contributed by atoms with E-state index in [1.807, 2.05) is 56.3 Å². The number of amides is 1. The molecule has 0 saturated heterocycles. The number of nitrogens with zero attached hydrogens (tertiary/aromatic N) is 1. The largest absolute Gasteiger partial charge is 0.484 e. The number of fused-ring (bicyclic) bond motifs is 1. The van der Waals surface area contributed by atoms with Crippen LogP contribution in [0.1, 0.15) is 12.7 Å². The summed E-state index contributed by atoms with van der Waals surface area (Å²) in [7, 11) is 3.76. The number of hydrogen-bond donors (Lipinski definition) is 1. The van der Waals surface area contributed by atoms with Crippen LogP contribution in [0.5, 0.6) is 5.75 Å². The van der Waals surface area contributed by atoms with Crippen LogP contribution in [-0.2, 0) is 4.79 Å². The van der Waals surface area contributed by atoms with Crippen molar-refractivity contribution >= 4 is 16.9 Å². The molecule has 2 aromatic carbocycles. The lowest BCUT2D eigenvalue weighted by Gasteiger charge is -2.21. The second-order valence-corrected chi connectivity index (χ2v) is 6.88. The Morgan fingerprint density at radius 2 is 1.89 bits per heavy atom. The van der Waals surface area contributed by atoms with E-state index in [4.69, 9.17) is 9.15 Å². The van der Waals surface area contributed by atoms with Crippen molar-refractivity contribution in [2.24, 2.45) is 0 Å². The van der Waals surface area contributed by atoms with Crippen LogP contribution < -0.4 is 15.5 Å². The summed E-state index contributed by atoms with van der Waals surface area (Å²) in [6.07, 6.45) is -0.0928. The lowest BCUT2D eigenvalue weighted by atomic mass is 10.0. The molecule has 1 unspecified atom stereocenters. The molecule has 1 heterocycles. The van der Waals surface area contributed by atoms with Gasteiger partial charge in [-0.15, -0.1) is 0 Å². The van der Waals surface area contributed by atoms with Crippen molar-refractivity contribution in [3.05, 3.63) is 64.5 Å². The first-order chi connectivity index (χ1) is 13.4. The Labute approximate surface area is 163 Å². The van der Waals surface area contributed by atoms with E-state index in [0.717, 1.165) is 5.56 Å². The Morgan fingerprint density at radius 3 is 2.57 bits per heavy atom. The predicted octanol–water partition coefficient (Wildman–Crippen LogP) is 3.17. The zero-order valence-electron chi connectivity index (χ0n) is 16.5. The SMILES string of the molecule is Cc1oc2cc(OCC(=O)NC(C)N(C)C)ccc2c(=O)c1-c1ccccc1. The highest BCUT2D eigenvalue weighted by Gasteiger charge is 2.14. The molecule has 0 saturated carbocycles. The van der Waals surface area contributed by atoms with Crippen molar-refractivity contribution in [3.8, 4) is 16.9 Å². The summed E-state index contributed by atoms with van der Waals surface area (Å²) in [5.74, 6) is 0.784. The first-order valence-electron chi connectivity index (χ1n) is 9.08. The topological polar surface area (TPSA) is 71.8 Å². The van der Waals surface area contributed by atoms with Crippen LogP contribution in [0.3, 0.4) is 0 Å². The van der Waals surface area contributed by atoms with E-state index in [9.17, 15) is 9.59 Å². The molecular weight excluding hydrogens is 356 g/mol. The van der Waals surface area contributed by atoms with Crippen LogP contribution in [0.25, 0.3) is 22.1 Å². The Balaban J connectivity index is 1.83.